The number of nitrogens with zero attached hydrogens (tertiary/aromatic N) is 1. The average Bonchev–Trinajstić information content (AvgIpc) is 3.53. The Balaban J connectivity index is 1.06. The summed E-state index contributed by atoms with van der Waals surface area (Å²) in [4.78, 5) is 0. The van der Waals surface area contributed by atoms with Gasteiger partial charge in [0.15, 0.2) is 0 Å². The van der Waals surface area contributed by atoms with Crippen LogP contribution in [0.3, 0.4) is 0 Å². The maximum atomic E-state index is 2.43. The standard InChI is InChI=1S/C55H37N/c1-4-15-37(16-5-1)42-31-43(38-17-6-2-7-18-38)33-44(32-42)46-24-14-25-49-47-21-10-11-22-48(47)51-34-39(27-28-41(51)36-52(46)49)40-29-30-55-53(35-40)50-23-12-13-26-54(50)56(55)45-19-8-3-9-20-45/h1-35H,36H2. The van der Waals surface area contributed by atoms with Crippen LogP contribution < -0.4 is 0 Å². The molecule has 0 N–H and O–H groups in total. The van der Waals surface area contributed by atoms with E-state index >= 15 is 0 Å². The number of benzene rings is 9. The zero-order valence-electron chi connectivity index (χ0n) is 30.9. The molecule has 0 aliphatic heterocycles. The molecule has 10 aromatic rings. The molecule has 1 heteroatoms. The monoisotopic (exact) mass is 711 g/mol. The molecule has 11 rings (SSSR count). The van der Waals surface area contributed by atoms with Gasteiger partial charge in [-0.05, 0) is 139 Å². The first-order chi connectivity index (χ1) is 27.8. The maximum absolute atomic E-state index is 2.43. The van der Waals surface area contributed by atoms with E-state index in [9.17, 15) is 0 Å². The number of rotatable bonds is 5. The first-order valence-electron chi connectivity index (χ1n) is 19.5. The number of hydrogen-bond donors (Lipinski definition) is 0. The third kappa shape index (κ3) is 5.40. The Morgan fingerprint density at radius 2 is 0.821 bits per heavy atom. The summed E-state index contributed by atoms with van der Waals surface area (Å²) in [5.74, 6) is 0. The van der Waals surface area contributed by atoms with Crippen LogP contribution in [-0.2, 0) is 6.42 Å². The Kier molecular flexibility index (Phi) is 7.64. The van der Waals surface area contributed by atoms with Gasteiger partial charge in [-0.3, -0.25) is 0 Å². The Labute approximate surface area is 327 Å². The molecule has 56 heavy (non-hydrogen) atoms. The molecule has 1 heterocycles. The molecule has 0 unspecified atom stereocenters. The van der Waals surface area contributed by atoms with Crippen molar-refractivity contribution in [2.75, 3.05) is 0 Å². The molecule has 0 atom stereocenters. The minimum Gasteiger partial charge on any atom is -0.309 e. The summed E-state index contributed by atoms with van der Waals surface area (Å²) in [6, 6.07) is 78.0. The Hall–Kier alpha value is -7.22. The van der Waals surface area contributed by atoms with Crippen molar-refractivity contribution in [3.63, 3.8) is 0 Å². The van der Waals surface area contributed by atoms with Gasteiger partial charge >= 0.3 is 0 Å². The molecule has 0 bridgehead atoms. The van der Waals surface area contributed by atoms with Gasteiger partial charge in [0.1, 0.15) is 0 Å². The van der Waals surface area contributed by atoms with Crippen molar-refractivity contribution in [1.82, 2.24) is 4.57 Å². The molecular weight excluding hydrogens is 675 g/mol. The Bertz CT molecular complexity index is 3020. The van der Waals surface area contributed by atoms with E-state index in [1.165, 1.54) is 105 Å². The van der Waals surface area contributed by atoms with E-state index in [2.05, 4.69) is 217 Å². The molecule has 0 amide bonds. The van der Waals surface area contributed by atoms with Crippen molar-refractivity contribution >= 4 is 21.8 Å². The number of hydrogen-bond acceptors (Lipinski definition) is 0. The van der Waals surface area contributed by atoms with Crippen molar-refractivity contribution in [3.05, 3.63) is 223 Å². The van der Waals surface area contributed by atoms with Gasteiger partial charge in [0.2, 0.25) is 0 Å². The highest BCUT2D eigenvalue weighted by Gasteiger charge is 2.23. The van der Waals surface area contributed by atoms with Gasteiger partial charge in [0.05, 0.1) is 11.0 Å². The van der Waals surface area contributed by atoms with Crippen LogP contribution in [0, 0.1) is 0 Å². The zero-order valence-corrected chi connectivity index (χ0v) is 30.9. The summed E-state index contributed by atoms with van der Waals surface area (Å²) in [6.07, 6.45) is 0.843. The van der Waals surface area contributed by atoms with Crippen LogP contribution in [-0.4, -0.2) is 4.57 Å². The summed E-state index contributed by atoms with van der Waals surface area (Å²) in [6.45, 7) is 0. The highest BCUT2D eigenvalue weighted by molar-refractivity contribution is 6.10. The fourth-order valence-electron chi connectivity index (χ4n) is 8.99. The molecule has 0 fully saturated rings. The highest BCUT2D eigenvalue weighted by atomic mass is 15.0. The summed E-state index contributed by atoms with van der Waals surface area (Å²) in [5, 5.41) is 2.53. The predicted octanol–water partition coefficient (Wildman–Crippen LogP) is 14.7. The van der Waals surface area contributed by atoms with Crippen molar-refractivity contribution in [2.45, 2.75) is 6.42 Å². The molecule has 0 spiro atoms. The van der Waals surface area contributed by atoms with E-state index in [4.69, 9.17) is 0 Å². The second kappa shape index (κ2) is 13.3. The van der Waals surface area contributed by atoms with E-state index in [1.54, 1.807) is 0 Å². The van der Waals surface area contributed by atoms with Gasteiger partial charge in [-0.2, -0.15) is 0 Å². The maximum Gasteiger partial charge on any atom is 0.0541 e. The second-order valence-electron chi connectivity index (χ2n) is 14.9. The molecule has 1 nitrogen and oxygen atoms in total. The Morgan fingerprint density at radius 1 is 0.286 bits per heavy atom. The van der Waals surface area contributed by atoms with Crippen LogP contribution in [0.25, 0.3) is 94.3 Å². The van der Waals surface area contributed by atoms with Gasteiger partial charge < -0.3 is 4.57 Å². The molecule has 0 radical (unpaired) electrons. The lowest BCUT2D eigenvalue weighted by atomic mass is 9.87. The third-order valence-electron chi connectivity index (χ3n) is 11.6. The minimum atomic E-state index is 0.843. The van der Waals surface area contributed by atoms with Crippen LogP contribution in [0.5, 0.6) is 0 Å². The molecule has 1 aliphatic rings. The van der Waals surface area contributed by atoms with Crippen LogP contribution in [0.15, 0.2) is 212 Å². The van der Waals surface area contributed by atoms with E-state index in [0.29, 0.717) is 0 Å². The van der Waals surface area contributed by atoms with Crippen molar-refractivity contribution in [3.8, 4) is 72.4 Å². The van der Waals surface area contributed by atoms with Crippen LogP contribution >= 0.6 is 0 Å². The van der Waals surface area contributed by atoms with Gasteiger partial charge in [0.25, 0.3) is 0 Å². The molecule has 9 aromatic carbocycles. The smallest absolute Gasteiger partial charge is 0.0541 e. The van der Waals surface area contributed by atoms with Gasteiger partial charge in [-0.25, -0.2) is 0 Å². The normalized spacial score (nSPS) is 11.9. The van der Waals surface area contributed by atoms with Crippen molar-refractivity contribution in [2.24, 2.45) is 0 Å². The van der Waals surface area contributed by atoms with Crippen LogP contribution in [0.1, 0.15) is 11.1 Å². The third-order valence-corrected chi connectivity index (χ3v) is 11.6. The van der Waals surface area contributed by atoms with Gasteiger partial charge in [0, 0.05) is 16.5 Å². The molecule has 1 aromatic heterocycles. The highest BCUT2D eigenvalue weighted by Crippen LogP contribution is 2.46. The molecule has 262 valence electrons. The second-order valence-corrected chi connectivity index (χ2v) is 14.9. The summed E-state index contributed by atoms with van der Waals surface area (Å²) < 4.78 is 2.38. The topological polar surface area (TPSA) is 4.93 Å². The minimum absolute atomic E-state index is 0.843. The molecule has 1 aliphatic carbocycles. The van der Waals surface area contributed by atoms with Crippen LogP contribution in [0.4, 0.5) is 0 Å². The lowest BCUT2D eigenvalue weighted by Crippen LogP contribution is -1.96. The van der Waals surface area contributed by atoms with Crippen molar-refractivity contribution < 1.29 is 0 Å². The van der Waals surface area contributed by atoms with E-state index in [-0.39, 0.29) is 0 Å². The fraction of sp³-hybridized carbons (Fsp3) is 0.0182. The predicted molar refractivity (Wildman–Crippen MR) is 236 cm³/mol. The van der Waals surface area contributed by atoms with Gasteiger partial charge in [-0.15, -0.1) is 0 Å². The largest absolute Gasteiger partial charge is 0.309 e. The zero-order chi connectivity index (χ0) is 37.0. The Morgan fingerprint density at radius 3 is 1.55 bits per heavy atom. The van der Waals surface area contributed by atoms with Crippen molar-refractivity contribution in [1.29, 1.82) is 0 Å². The molecular formula is C55H37N. The molecule has 0 saturated carbocycles. The summed E-state index contributed by atoms with van der Waals surface area (Å²) in [7, 11) is 0. The lowest BCUT2D eigenvalue weighted by Gasteiger charge is -2.17. The van der Waals surface area contributed by atoms with Gasteiger partial charge in [-0.1, -0.05) is 158 Å². The molecule has 0 saturated heterocycles. The number of fused-ring (bicyclic) bond motifs is 8. The summed E-state index contributed by atoms with van der Waals surface area (Å²) in [5.41, 5.74) is 21.4. The first kappa shape index (κ1) is 32.2. The van der Waals surface area contributed by atoms with E-state index in [1.807, 2.05) is 0 Å². The number of para-hydroxylation sites is 2. The van der Waals surface area contributed by atoms with E-state index < -0.39 is 0 Å². The first-order valence-corrected chi connectivity index (χ1v) is 19.5. The SMILES string of the molecule is c1ccc(-c2cc(-c3ccccc3)cc(-c3cccc4c3Cc3ccc(-c5ccc6c(c5)c5ccccc5n6-c5ccccc5)cc3-c3ccccc3-4)c2)cc1. The summed E-state index contributed by atoms with van der Waals surface area (Å²) >= 11 is 0. The lowest BCUT2D eigenvalue weighted by molar-refractivity contribution is 1.18. The van der Waals surface area contributed by atoms with Crippen LogP contribution in [0.2, 0.25) is 0 Å². The van der Waals surface area contributed by atoms with E-state index in [0.717, 1.165) is 6.42 Å². The average molecular weight is 712 g/mol. The quantitative estimate of drug-likeness (QED) is 0.167. The number of aromatic nitrogens is 1. The fourth-order valence-corrected chi connectivity index (χ4v) is 8.99.